The van der Waals surface area contributed by atoms with E-state index in [2.05, 4.69) is 44.9 Å². The van der Waals surface area contributed by atoms with E-state index in [1.54, 1.807) is 7.11 Å². The Kier molecular flexibility index (Phi) is 4.62. The summed E-state index contributed by atoms with van der Waals surface area (Å²) in [6.45, 7) is 5.98. The standard InChI is InChI=1S/C14H21BrN2O/c1-10-13(15)6-7-14(16-10)17(8-9-18-3)11(2)12-4-5-12/h6-7,11-12H,4-5,8-9H2,1-3H3. The zero-order valence-electron chi connectivity index (χ0n) is 11.3. The van der Waals surface area contributed by atoms with Crippen LogP contribution in [-0.4, -0.2) is 31.3 Å². The summed E-state index contributed by atoms with van der Waals surface area (Å²) in [7, 11) is 1.75. The van der Waals surface area contributed by atoms with Crippen molar-refractivity contribution >= 4 is 21.7 Å². The maximum absolute atomic E-state index is 5.22. The minimum absolute atomic E-state index is 0.549. The number of aromatic nitrogens is 1. The number of anilines is 1. The van der Waals surface area contributed by atoms with Crippen LogP contribution in [0.25, 0.3) is 0 Å². The summed E-state index contributed by atoms with van der Waals surface area (Å²) in [5.41, 5.74) is 1.04. The Balaban J connectivity index is 2.17. The largest absolute Gasteiger partial charge is 0.383 e. The molecule has 1 aliphatic carbocycles. The van der Waals surface area contributed by atoms with Gasteiger partial charge in [0.25, 0.3) is 0 Å². The Morgan fingerprint density at radius 1 is 1.50 bits per heavy atom. The number of methoxy groups -OCH3 is 1. The van der Waals surface area contributed by atoms with Crippen molar-refractivity contribution in [2.45, 2.75) is 32.7 Å². The molecule has 1 saturated carbocycles. The molecule has 100 valence electrons. The second-order valence-electron chi connectivity index (χ2n) is 5.00. The predicted molar refractivity (Wildman–Crippen MR) is 78.1 cm³/mol. The van der Waals surface area contributed by atoms with Crippen LogP contribution in [0, 0.1) is 12.8 Å². The summed E-state index contributed by atoms with van der Waals surface area (Å²) in [6.07, 6.45) is 2.69. The Morgan fingerprint density at radius 2 is 2.22 bits per heavy atom. The highest BCUT2D eigenvalue weighted by Gasteiger charge is 2.32. The van der Waals surface area contributed by atoms with Crippen molar-refractivity contribution in [2.75, 3.05) is 25.2 Å². The van der Waals surface area contributed by atoms with Gasteiger partial charge in [0.2, 0.25) is 0 Å². The van der Waals surface area contributed by atoms with Gasteiger partial charge in [-0.3, -0.25) is 0 Å². The van der Waals surface area contributed by atoms with Gasteiger partial charge in [-0.25, -0.2) is 4.98 Å². The minimum atomic E-state index is 0.549. The molecule has 0 radical (unpaired) electrons. The van der Waals surface area contributed by atoms with E-state index in [4.69, 9.17) is 4.74 Å². The number of hydrogen-bond donors (Lipinski definition) is 0. The van der Waals surface area contributed by atoms with Crippen LogP contribution in [0.5, 0.6) is 0 Å². The fourth-order valence-corrected chi connectivity index (χ4v) is 2.46. The van der Waals surface area contributed by atoms with Crippen LogP contribution < -0.4 is 4.90 Å². The zero-order chi connectivity index (χ0) is 13.1. The first-order valence-corrected chi connectivity index (χ1v) is 7.31. The molecule has 0 amide bonds. The summed E-state index contributed by atoms with van der Waals surface area (Å²) in [5.74, 6) is 1.89. The van der Waals surface area contributed by atoms with E-state index in [-0.39, 0.29) is 0 Å². The third kappa shape index (κ3) is 3.23. The number of nitrogens with zero attached hydrogens (tertiary/aromatic N) is 2. The second-order valence-corrected chi connectivity index (χ2v) is 5.86. The molecule has 0 N–H and O–H groups in total. The van der Waals surface area contributed by atoms with Gasteiger partial charge < -0.3 is 9.64 Å². The molecule has 0 bridgehead atoms. The first kappa shape index (κ1) is 13.8. The van der Waals surface area contributed by atoms with Gasteiger partial charge in [0.1, 0.15) is 5.82 Å². The van der Waals surface area contributed by atoms with E-state index in [1.165, 1.54) is 12.8 Å². The molecular formula is C14H21BrN2O. The van der Waals surface area contributed by atoms with Gasteiger partial charge >= 0.3 is 0 Å². The molecule has 0 aromatic carbocycles. The summed E-state index contributed by atoms with van der Waals surface area (Å²) in [5, 5.41) is 0. The highest BCUT2D eigenvalue weighted by Crippen LogP contribution is 2.36. The predicted octanol–water partition coefficient (Wildman–Crippen LogP) is 3.40. The maximum atomic E-state index is 5.22. The molecular weight excluding hydrogens is 292 g/mol. The Labute approximate surface area is 118 Å². The number of rotatable bonds is 6. The SMILES string of the molecule is COCCN(c1ccc(Br)c(C)n1)C(C)C1CC1. The van der Waals surface area contributed by atoms with Crippen LogP contribution in [0.1, 0.15) is 25.5 Å². The molecule has 1 aromatic heterocycles. The van der Waals surface area contributed by atoms with Gasteiger partial charge in [-0.2, -0.15) is 0 Å². The second kappa shape index (κ2) is 6.02. The number of aryl methyl sites for hydroxylation is 1. The molecule has 0 saturated heterocycles. The first-order chi connectivity index (χ1) is 8.63. The highest BCUT2D eigenvalue weighted by atomic mass is 79.9. The van der Waals surface area contributed by atoms with Crippen molar-refractivity contribution in [1.82, 2.24) is 4.98 Å². The minimum Gasteiger partial charge on any atom is -0.383 e. The summed E-state index contributed by atoms with van der Waals surface area (Å²) < 4.78 is 6.29. The normalized spacial score (nSPS) is 16.7. The fourth-order valence-electron chi connectivity index (χ4n) is 2.24. The smallest absolute Gasteiger partial charge is 0.129 e. The van der Waals surface area contributed by atoms with Gasteiger partial charge in [0.15, 0.2) is 0 Å². The number of halogens is 1. The third-order valence-corrected chi connectivity index (χ3v) is 4.47. The molecule has 1 heterocycles. The Morgan fingerprint density at radius 3 is 2.78 bits per heavy atom. The summed E-state index contributed by atoms with van der Waals surface area (Å²) in [6, 6.07) is 4.72. The Bertz CT molecular complexity index is 407. The zero-order valence-corrected chi connectivity index (χ0v) is 12.9. The highest BCUT2D eigenvalue weighted by molar-refractivity contribution is 9.10. The maximum Gasteiger partial charge on any atom is 0.129 e. The third-order valence-electron chi connectivity index (χ3n) is 3.63. The van der Waals surface area contributed by atoms with Gasteiger partial charge in [0, 0.05) is 24.2 Å². The molecule has 4 heteroatoms. The van der Waals surface area contributed by atoms with Crippen LogP contribution in [0.3, 0.4) is 0 Å². The lowest BCUT2D eigenvalue weighted by Gasteiger charge is -2.30. The van der Waals surface area contributed by atoms with Crippen LogP contribution in [0.4, 0.5) is 5.82 Å². The van der Waals surface area contributed by atoms with Crippen molar-refractivity contribution < 1.29 is 4.74 Å². The molecule has 1 fully saturated rings. The molecule has 0 aliphatic heterocycles. The molecule has 1 atom stereocenters. The van der Waals surface area contributed by atoms with Crippen molar-refractivity contribution in [2.24, 2.45) is 5.92 Å². The Hall–Kier alpha value is -0.610. The first-order valence-electron chi connectivity index (χ1n) is 6.52. The van der Waals surface area contributed by atoms with E-state index in [0.717, 1.165) is 35.1 Å². The van der Waals surface area contributed by atoms with Gasteiger partial charge in [0.05, 0.1) is 12.3 Å². The summed E-state index contributed by atoms with van der Waals surface area (Å²) >= 11 is 3.50. The average Bonchev–Trinajstić information content (AvgIpc) is 3.18. The molecule has 1 aliphatic rings. The molecule has 2 rings (SSSR count). The quantitative estimate of drug-likeness (QED) is 0.805. The molecule has 1 aromatic rings. The number of ether oxygens (including phenoxy) is 1. The topological polar surface area (TPSA) is 25.4 Å². The van der Waals surface area contributed by atoms with Crippen molar-refractivity contribution in [1.29, 1.82) is 0 Å². The fraction of sp³-hybridized carbons (Fsp3) is 0.643. The molecule has 3 nitrogen and oxygen atoms in total. The lowest BCUT2D eigenvalue weighted by molar-refractivity contribution is 0.202. The monoisotopic (exact) mass is 312 g/mol. The van der Waals surface area contributed by atoms with Gasteiger partial charge in [-0.15, -0.1) is 0 Å². The van der Waals surface area contributed by atoms with Crippen molar-refractivity contribution in [3.63, 3.8) is 0 Å². The van der Waals surface area contributed by atoms with Crippen LogP contribution in [0.2, 0.25) is 0 Å². The van der Waals surface area contributed by atoms with Crippen molar-refractivity contribution in [3.05, 3.63) is 22.3 Å². The lowest BCUT2D eigenvalue weighted by atomic mass is 10.2. The van der Waals surface area contributed by atoms with Crippen LogP contribution in [-0.2, 0) is 4.74 Å². The molecule has 1 unspecified atom stereocenters. The molecule has 18 heavy (non-hydrogen) atoms. The van der Waals surface area contributed by atoms with E-state index in [9.17, 15) is 0 Å². The average molecular weight is 313 g/mol. The number of hydrogen-bond acceptors (Lipinski definition) is 3. The van der Waals surface area contributed by atoms with E-state index in [0.29, 0.717) is 6.04 Å². The van der Waals surface area contributed by atoms with Gasteiger partial charge in [-0.1, -0.05) is 0 Å². The van der Waals surface area contributed by atoms with E-state index < -0.39 is 0 Å². The van der Waals surface area contributed by atoms with Gasteiger partial charge in [-0.05, 0) is 60.7 Å². The van der Waals surface area contributed by atoms with E-state index in [1.807, 2.05) is 6.92 Å². The lowest BCUT2D eigenvalue weighted by Crippen LogP contribution is -2.38. The number of pyridine rings is 1. The van der Waals surface area contributed by atoms with E-state index >= 15 is 0 Å². The van der Waals surface area contributed by atoms with Crippen LogP contribution in [0.15, 0.2) is 16.6 Å². The van der Waals surface area contributed by atoms with Crippen LogP contribution >= 0.6 is 15.9 Å². The summed E-state index contributed by atoms with van der Waals surface area (Å²) in [4.78, 5) is 7.06. The van der Waals surface area contributed by atoms with Crippen molar-refractivity contribution in [3.8, 4) is 0 Å². The molecule has 0 spiro atoms.